The van der Waals surface area contributed by atoms with Crippen molar-refractivity contribution in [3.05, 3.63) is 54.1 Å². The topological polar surface area (TPSA) is 79.9 Å². The highest BCUT2D eigenvalue weighted by Crippen LogP contribution is 2.32. The number of carbonyl (C=O) groups excluding carboxylic acids is 2. The molecule has 7 heteroatoms. The van der Waals surface area contributed by atoms with Crippen molar-refractivity contribution >= 4 is 17.5 Å². The Kier molecular flexibility index (Phi) is 6.37. The maximum atomic E-state index is 12.5. The van der Waals surface area contributed by atoms with E-state index in [-0.39, 0.29) is 18.4 Å². The molecule has 1 heterocycles. The third-order valence-corrected chi connectivity index (χ3v) is 4.64. The van der Waals surface area contributed by atoms with Gasteiger partial charge in [0, 0.05) is 13.6 Å². The summed E-state index contributed by atoms with van der Waals surface area (Å²) in [5.41, 5.74) is 1.85. The van der Waals surface area contributed by atoms with Crippen molar-refractivity contribution in [2.24, 2.45) is 0 Å². The number of para-hydroxylation sites is 3. The lowest BCUT2D eigenvalue weighted by Crippen LogP contribution is -2.50. The van der Waals surface area contributed by atoms with Crippen molar-refractivity contribution in [3.8, 4) is 11.5 Å². The van der Waals surface area contributed by atoms with Crippen LogP contribution in [-0.2, 0) is 16.0 Å². The fourth-order valence-electron chi connectivity index (χ4n) is 3.23. The average molecular weight is 383 g/mol. The molecule has 0 fully saturated rings. The Hall–Kier alpha value is -3.22. The van der Waals surface area contributed by atoms with Crippen molar-refractivity contribution in [1.82, 2.24) is 10.6 Å². The van der Waals surface area contributed by atoms with Gasteiger partial charge in [0.2, 0.25) is 5.91 Å². The molecule has 7 nitrogen and oxygen atoms in total. The number of ether oxygens (including phenoxy) is 2. The molecule has 2 aromatic rings. The molecule has 1 atom stereocenters. The van der Waals surface area contributed by atoms with Crippen molar-refractivity contribution in [2.75, 3.05) is 38.7 Å². The Morgan fingerprint density at radius 2 is 1.93 bits per heavy atom. The van der Waals surface area contributed by atoms with Gasteiger partial charge in [0.1, 0.15) is 11.5 Å². The van der Waals surface area contributed by atoms with E-state index in [2.05, 4.69) is 10.6 Å². The minimum atomic E-state index is -0.652. The number of benzene rings is 2. The zero-order valence-electron chi connectivity index (χ0n) is 16.1. The van der Waals surface area contributed by atoms with Crippen LogP contribution >= 0.6 is 0 Å². The third kappa shape index (κ3) is 4.54. The molecule has 28 heavy (non-hydrogen) atoms. The number of carbonyl (C=O) groups is 2. The molecule has 0 bridgehead atoms. The summed E-state index contributed by atoms with van der Waals surface area (Å²) in [6.07, 6.45) is 0.0253. The number of anilines is 1. The Balaban J connectivity index is 1.60. The van der Waals surface area contributed by atoms with Crippen LogP contribution in [0.1, 0.15) is 5.56 Å². The van der Waals surface area contributed by atoms with Crippen LogP contribution in [0.4, 0.5) is 5.69 Å². The summed E-state index contributed by atoms with van der Waals surface area (Å²) in [5, 5.41) is 5.54. The first-order valence-corrected chi connectivity index (χ1v) is 9.23. The highest BCUT2D eigenvalue weighted by Gasteiger charge is 2.30. The molecule has 0 spiro atoms. The van der Waals surface area contributed by atoms with Gasteiger partial charge in [0.15, 0.2) is 6.10 Å². The Morgan fingerprint density at radius 3 is 2.71 bits per heavy atom. The van der Waals surface area contributed by atoms with Crippen molar-refractivity contribution in [2.45, 2.75) is 12.5 Å². The molecule has 2 amide bonds. The molecule has 0 radical (unpaired) electrons. The molecular weight excluding hydrogens is 358 g/mol. The van der Waals surface area contributed by atoms with Crippen LogP contribution in [0.25, 0.3) is 0 Å². The molecule has 148 valence electrons. The van der Waals surface area contributed by atoms with Gasteiger partial charge in [-0.3, -0.25) is 9.59 Å². The standard InChI is InChI=1S/C21H25N3O4/c1-22-21(26)19-13-24(16-8-4-6-10-18(16)28-19)14-20(25)23-12-11-15-7-3-5-9-17(15)27-2/h3-10,19H,11-14H2,1-2H3,(H,22,26)(H,23,25)/t19-/m0/s1. The molecule has 1 aliphatic rings. The lowest BCUT2D eigenvalue weighted by atomic mass is 10.1. The maximum absolute atomic E-state index is 12.5. The van der Waals surface area contributed by atoms with E-state index in [0.717, 1.165) is 17.0 Å². The van der Waals surface area contributed by atoms with Gasteiger partial charge in [0.25, 0.3) is 5.91 Å². The molecule has 2 N–H and O–H groups in total. The molecule has 0 saturated carbocycles. The second kappa shape index (κ2) is 9.12. The summed E-state index contributed by atoms with van der Waals surface area (Å²) in [7, 11) is 3.21. The van der Waals surface area contributed by atoms with E-state index in [1.165, 1.54) is 0 Å². The SMILES string of the molecule is CNC(=O)[C@@H]1CN(CC(=O)NCCc2ccccc2OC)c2ccccc2O1. The lowest BCUT2D eigenvalue weighted by Gasteiger charge is -2.35. The predicted octanol–water partition coefficient (Wildman–Crippen LogP) is 1.37. The number of likely N-dealkylation sites (N-methyl/N-ethyl adjacent to an activating group) is 1. The Labute approximate surface area is 164 Å². The molecule has 1 aliphatic heterocycles. The lowest BCUT2D eigenvalue weighted by molar-refractivity contribution is -0.127. The second-order valence-corrected chi connectivity index (χ2v) is 6.48. The number of amides is 2. The van der Waals surface area contributed by atoms with E-state index in [1.807, 2.05) is 47.4 Å². The van der Waals surface area contributed by atoms with Gasteiger partial charge in [-0.2, -0.15) is 0 Å². The maximum Gasteiger partial charge on any atom is 0.262 e. The minimum Gasteiger partial charge on any atom is -0.496 e. The normalized spacial score (nSPS) is 15.2. The van der Waals surface area contributed by atoms with Crippen molar-refractivity contribution in [1.29, 1.82) is 0 Å². The van der Waals surface area contributed by atoms with E-state index >= 15 is 0 Å². The average Bonchev–Trinajstić information content (AvgIpc) is 2.73. The van der Waals surface area contributed by atoms with Crippen LogP contribution in [0, 0.1) is 0 Å². The van der Waals surface area contributed by atoms with Crippen LogP contribution in [0.2, 0.25) is 0 Å². The summed E-state index contributed by atoms with van der Waals surface area (Å²) in [5.74, 6) is 1.09. The van der Waals surface area contributed by atoms with E-state index < -0.39 is 6.10 Å². The first kappa shape index (κ1) is 19.5. The van der Waals surface area contributed by atoms with Crippen molar-refractivity contribution in [3.63, 3.8) is 0 Å². The Morgan fingerprint density at radius 1 is 1.18 bits per heavy atom. The molecule has 2 aromatic carbocycles. The third-order valence-electron chi connectivity index (χ3n) is 4.64. The van der Waals surface area contributed by atoms with Crippen LogP contribution in [-0.4, -0.2) is 51.7 Å². The van der Waals surface area contributed by atoms with Crippen LogP contribution in [0.3, 0.4) is 0 Å². The largest absolute Gasteiger partial charge is 0.496 e. The van der Waals surface area contributed by atoms with E-state index in [4.69, 9.17) is 9.47 Å². The van der Waals surface area contributed by atoms with Gasteiger partial charge < -0.3 is 25.0 Å². The number of nitrogens with zero attached hydrogens (tertiary/aromatic N) is 1. The number of hydrogen-bond acceptors (Lipinski definition) is 5. The number of rotatable bonds is 7. The molecule has 0 saturated heterocycles. The van der Waals surface area contributed by atoms with Gasteiger partial charge in [-0.05, 0) is 30.2 Å². The van der Waals surface area contributed by atoms with Gasteiger partial charge in [-0.1, -0.05) is 30.3 Å². The zero-order chi connectivity index (χ0) is 19.9. The number of methoxy groups -OCH3 is 1. The summed E-state index contributed by atoms with van der Waals surface area (Å²) >= 11 is 0. The molecule has 0 aliphatic carbocycles. The number of hydrogen-bond donors (Lipinski definition) is 2. The zero-order valence-corrected chi connectivity index (χ0v) is 16.1. The second-order valence-electron chi connectivity index (χ2n) is 6.48. The van der Waals surface area contributed by atoms with E-state index in [0.29, 0.717) is 25.3 Å². The molecule has 3 rings (SSSR count). The summed E-state index contributed by atoms with van der Waals surface area (Å²) in [4.78, 5) is 26.4. The summed E-state index contributed by atoms with van der Waals surface area (Å²) in [6.45, 7) is 0.973. The minimum absolute atomic E-state index is 0.109. The summed E-state index contributed by atoms with van der Waals surface area (Å²) in [6, 6.07) is 15.2. The van der Waals surface area contributed by atoms with Crippen LogP contribution in [0.15, 0.2) is 48.5 Å². The summed E-state index contributed by atoms with van der Waals surface area (Å²) < 4.78 is 11.1. The smallest absolute Gasteiger partial charge is 0.262 e. The predicted molar refractivity (Wildman–Crippen MR) is 107 cm³/mol. The molecule has 0 unspecified atom stereocenters. The molecule has 0 aromatic heterocycles. The fraction of sp³-hybridized carbons (Fsp3) is 0.333. The van der Waals surface area contributed by atoms with Gasteiger partial charge in [-0.25, -0.2) is 0 Å². The van der Waals surface area contributed by atoms with Crippen molar-refractivity contribution < 1.29 is 19.1 Å². The fourth-order valence-corrected chi connectivity index (χ4v) is 3.23. The Bertz CT molecular complexity index is 840. The first-order valence-electron chi connectivity index (χ1n) is 9.23. The van der Waals surface area contributed by atoms with E-state index in [1.54, 1.807) is 20.2 Å². The first-order chi connectivity index (χ1) is 13.6. The quantitative estimate of drug-likeness (QED) is 0.755. The van der Waals surface area contributed by atoms with Crippen LogP contribution < -0.4 is 25.0 Å². The van der Waals surface area contributed by atoms with Gasteiger partial charge >= 0.3 is 0 Å². The van der Waals surface area contributed by atoms with Gasteiger partial charge in [0.05, 0.1) is 25.9 Å². The number of fused-ring (bicyclic) bond motifs is 1. The highest BCUT2D eigenvalue weighted by atomic mass is 16.5. The number of nitrogens with one attached hydrogen (secondary N) is 2. The van der Waals surface area contributed by atoms with Gasteiger partial charge in [-0.15, -0.1) is 0 Å². The highest BCUT2D eigenvalue weighted by molar-refractivity contribution is 5.86. The molecular formula is C21H25N3O4. The monoisotopic (exact) mass is 383 g/mol. The van der Waals surface area contributed by atoms with E-state index in [9.17, 15) is 9.59 Å². The van der Waals surface area contributed by atoms with Crippen LogP contribution in [0.5, 0.6) is 11.5 Å².